The third-order valence-corrected chi connectivity index (χ3v) is 3.07. The van der Waals surface area contributed by atoms with Gasteiger partial charge in [-0.2, -0.15) is 4.98 Å². The van der Waals surface area contributed by atoms with E-state index in [4.69, 9.17) is 15.0 Å². The van der Waals surface area contributed by atoms with Gasteiger partial charge in [0.15, 0.2) is 5.82 Å². The van der Waals surface area contributed by atoms with Crippen LogP contribution in [0.4, 0.5) is 8.78 Å². The van der Waals surface area contributed by atoms with Crippen LogP contribution in [0, 0.1) is 5.92 Å². The molecule has 2 rings (SSSR count). The minimum absolute atomic E-state index is 0.147. The zero-order chi connectivity index (χ0) is 13.2. The van der Waals surface area contributed by atoms with E-state index in [1.165, 1.54) is 0 Å². The molecular weight excluding hydrogens is 244 g/mol. The predicted octanol–water partition coefficient (Wildman–Crippen LogP) is 1.48. The second-order valence-electron chi connectivity index (χ2n) is 4.79. The summed E-state index contributed by atoms with van der Waals surface area (Å²) in [5.41, 5.74) is 5.54. The van der Waals surface area contributed by atoms with Gasteiger partial charge in [-0.1, -0.05) is 5.16 Å². The first kappa shape index (κ1) is 13.4. The zero-order valence-electron chi connectivity index (χ0n) is 10.2. The van der Waals surface area contributed by atoms with Crippen molar-refractivity contribution in [2.45, 2.75) is 38.2 Å². The number of nitrogens with zero attached hydrogens (tertiary/aromatic N) is 2. The van der Waals surface area contributed by atoms with Gasteiger partial charge in [0, 0.05) is 6.42 Å². The van der Waals surface area contributed by atoms with Crippen LogP contribution in [0.1, 0.15) is 31.5 Å². The van der Waals surface area contributed by atoms with E-state index in [0.717, 1.165) is 12.8 Å². The molecule has 1 fully saturated rings. The van der Waals surface area contributed by atoms with Crippen LogP contribution in [0.15, 0.2) is 4.52 Å². The quantitative estimate of drug-likeness (QED) is 0.752. The lowest BCUT2D eigenvalue weighted by atomic mass is 9.97. The van der Waals surface area contributed by atoms with Crippen molar-refractivity contribution in [3.63, 3.8) is 0 Å². The maximum Gasteiger partial charge on any atom is 0.261 e. The summed E-state index contributed by atoms with van der Waals surface area (Å²) < 4.78 is 33.5. The molecule has 1 unspecified atom stereocenters. The van der Waals surface area contributed by atoms with Crippen molar-refractivity contribution in [1.29, 1.82) is 0 Å². The van der Waals surface area contributed by atoms with Gasteiger partial charge >= 0.3 is 0 Å². The molecule has 1 saturated carbocycles. The number of hydrogen-bond donors (Lipinski definition) is 1. The Morgan fingerprint density at radius 3 is 2.89 bits per heavy atom. The van der Waals surface area contributed by atoms with Crippen LogP contribution >= 0.6 is 0 Å². The average molecular weight is 261 g/mol. The fourth-order valence-corrected chi connectivity index (χ4v) is 1.77. The molecule has 1 heterocycles. The summed E-state index contributed by atoms with van der Waals surface area (Å²) in [6.07, 6.45) is 0.0366. The van der Waals surface area contributed by atoms with Crippen LogP contribution in [-0.4, -0.2) is 29.8 Å². The van der Waals surface area contributed by atoms with Gasteiger partial charge in [0.05, 0.1) is 12.1 Å². The Labute approximate surface area is 104 Å². The number of alkyl halides is 2. The molecule has 1 aliphatic carbocycles. The molecule has 0 spiro atoms. The Hall–Kier alpha value is -1.08. The number of halogens is 2. The van der Waals surface area contributed by atoms with Crippen molar-refractivity contribution < 1.29 is 18.0 Å². The molecule has 0 amide bonds. The van der Waals surface area contributed by atoms with Crippen molar-refractivity contribution in [1.82, 2.24) is 10.1 Å². The number of ether oxygens (including phenoxy) is 1. The highest BCUT2D eigenvalue weighted by Crippen LogP contribution is 2.43. The van der Waals surface area contributed by atoms with E-state index in [1.807, 2.05) is 6.92 Å². The Morgan fingerprint density at radius 2 is 2.28 bits per heavy atom. The second-order valence-corrected chi connectivity index (χ2v) is 4.79. The van der Waals surface area contributed by atoms with Crippen molar-refractivity contribution in [2.24, 2.45) is 11.7 Å². The summed E-state index contributed by atoms with van der Waals surface area (Å²) in [6, 6.07) is 0. The average Bonchev–Trinajstić information content (AvgIpc) is 3.05. The zero-order valence-corrected chi connectivity index (χ0v) is 10.2. The molecule has 0 bridgehead atoms. The van der Waals surface area contributed by atoms with E-state index < -0.39 is 18.6 Å². The highest BCUT2D eigenvalue weighted by molar-refractivity contribution is 5.07. The van der Waals surface area contributed by atoms with E-state index in [-0.39, 0.29) is 6.61 Å². The number of hydrogen-bond acceptors (Lipinski definition) is 5. The van der Waals surface area contributed by atoms with E-state index in [0.29, 0.717) is 24.1 Å². The molecule has 18 heavy (non-hydrogen) atoms. The normalized spacial score (nSPS) is 19.2. The second kappa shape index (κ2) is 5.27. The third-order valence-electron chi connectivity index (χ3n) is 3.07. The van der Waals surface area contributed by atoms with Gasteiger partial charge in [-0.25, -0.2) is 8.78 Å². The Balaban J connectivity index is 1.82. The lowest BCUT2D eigenvalue weighted by Gasteiger charge is -2.18. The van der Waals surface area contributed by atoms with Crippen LogP contribution in [0.25, 0.3) is 0 Å². The van der Waals surface area contributed by atoms with Gasteiger partial charge in [-0.3, -0.25) is 0 Å². The molecule has 1 atom stereocenters. The molecule has 1 aromatic rings. The van der Waals surface area contributed by atoms with Crippen molar-refractivity contribution in [3.05, 3.63) is 11.7 Å². The number of nitrogens with two attached hydrogens (primary N) is 1. The number of aromatic nitrogens is 2. The van der Waals surface area contributed by atoms with Crippen molar-refractivity contribution in [2.75, 3.05) is 13.2 Å². The topological polar surface area (TPSA) is 74.2 Å². The van der Waals surface area contributed by atoms with Crippen molar-refractivity contribution in [3.8, 4) is 0 Å². The summed E-state index contributed by atoms with van der Waals surface area (Å²) >= 11 is 0. The van der Waals surface area contributed by atoms with E-state index in [9.17, 15) is 8.78 Å². The van der Waals surface area contributed by atoms with Crippen LogP contribution in [-0.2, 0) is 16.7 Å². The van der Waals surface area contributed by atoms with Crippen molar-refractivity contribution >= 4 is 0 Å². The molecule has 2 N–H and O–H groups in total. The van der Waals surface area contributed by atoms with Gasteiger partial charge in [-0.05, 0) is 25.7 Å². The van der Waals surface area contributed by atoms with Crippen LogP contribution in [0.3, 0.4) is 0 Å². The van der Waals surface area contributed by atoms with E-state index >= 15 is 0 Å². The summed E-state index contributed by atoms with van der Waals surface area (Å²) in [5.74, 6) is 1.24. The first-order valence-electron chi connectivity index (χ1n) is 5.98. The Bertz CT molecular complexity index is 391. The van der Waals surface area contributed by atoms with Gasteiger partial charge in [0.2, 0.25) is 5.89 Å². The SMILES string of the molecule is CC(N)(c1nc(CCOCC(F)F)no1)C1CC1. The largest absolute Gasteiger partial charge is 0.375 e. The molecule has 7 heteroatoms. The van der Waals surface area contributed by atoms with Crippen LogP contribution < -0.4 is 5.73 Å². The molecule has 0 saturated heterocycles. The van der Waals surface area contributed by atoms with E-state index in [1.54, 1.807) is 0 Å². The Kier molecular flexibility index (Phi) is 3.91. The maximum atomic E-state index is 11.8. The lowest BCUT2D eigenvalue weighted by molar-refractivity contribution is 0.0182. The fraction of sp³-hybridized carbons (Fsp3) is 0.818. The molecule has 0 aliphatic heterocycles. The molecule has 102 valence electrons. The molecule has 1 aromatic heterocycles. The summed E-state index contributed by atoms with van der Waals surface area (Å²) in [6.45, 7) is 1.45. The van der Waals surface area contributed by atoms with Crippen LogP contribution in [0.5, 0.6) is 0 Å². The standard InChI is InChI=1S/C11H17F2N3O2/c1-11(14,7-2-3-7)10-15-9(16-18-10)4-5-17-6-8(12)13/h7-8H,2-6,14H2,1H3. The maximum absolute atomic E-state index is 11.8. The molecular formula is C11H17F2N3O2. The van der Waals surface area contributed by atoms with Gasteiger partial charge in [-0.15, -0.1) is 0 Å². The Morgan fingerprint density at radius 1 is 1.56 bits per heavy atom. The summed E-state index contributed by atoms with van der Waals surface area (Å²) in [7, 11) is 0. The monoisotopic (exact) mass is 261 g/mol. The van der Waals surface area contributed by atoms with E-state index in [2.05, 4.69) is 10.1 Å². The molecule has 1 aliphatic rings. The lowest BCUT2D eigenvalue weighted by Crippen LogP contribution is -2.35. The minimum Gasteiger partial charge on any atom is -0.375 e. The summed E-state index contributed by atoms with van der Waals surface area (Å²) in [4.78, 5) is 4.19. The minimum atomic E-state index is -2.45. The van der Waals surface area contributed by atoms with Crippen LogP contribution in [0.2, 0.25) is 0 Å². The first-order valence-corrected chi connectivity index (χ1v) is 5.98. The molecule has 0 aromatic carbocycles. The number of rotatable bonds is 7. The third kappa shape index (κ3) is 3.23. The molecule has 0 radical (unpaired) electrons. The van der Waals surface area contributed by atoms with Gasteiger partial charge in [0.25, 0.3) is 6.43 Å². The summed E-state index contributed by atoms with van der Waals surface area (Å²) in [5, 5.41) is 3.78. The first-order chi connectivity index (χ1) is 8.50. The predicted molar refractivity (Wildman–Crippen MR) is 59.1 cm³/mol. The van der Waals surface area contributed by atoms with Gasteiger partial charge in [0.1, 0.15) is 6.61 Å². The highest BCUT2D eigenvalue weighted by Gasteiger charge is 2.43. The fourth-order valence-electron chi connectivity index (χ4n) is 1.77. The highest BCUT2D eigenvalue weighted by atomic mass is 19.3. The molecule has 5 nitrogen and oxygen atoms in total. The smallest absolute Gasteiger partial charge is 0.261 e. The van der Waals surface area contributed by atoms with Gasteiger partial charge < -0.3 is 15.0 Å².